The standard InChI is InChI=1S/C23H23ClN4O4/c1-12-18(22(29)27-25-12)20(19-13(2)26-28-23(19)30)15-8-6-10-17(31-3)21(15)32-11-14-7-4-5-9-16(14)24/h4-10,20H,11H2,1-3H3,(H2,25,27,29)(H2,26,28,30). The van der Waals surface area contributed by atoms with Gasteiger partial charge in [-0.25, -0.2) is 0 Å². The number of para-hydroxylation sites is 1. The molecule has 32 heavy (non-hydrogen) atoms. The number of halogens is 1. The number of rotatable bonds is 7. The van der Waals surface area contributed by atoms with Crippen molar-refractivity contribution in [2.24, 2.45) is 0 Å². The molecule has 0 unspecified atom stereocenters. The number of H-pyrrole nitrogens is 4. The summed E-state index contributed by atoms with van der Waals surface area (Å²) in [7, 11) is 1.54. The lowest BCUT2D eigenvalue weighted by molar-refractivity contribution is 0.281. The zero-order chi connectivity index (χ0) is 22.8. The van der Waals surface area contributed by atoms with Crippen LogP contribution < -0.4 is 20.6 Å². The van der Waals surface area contributed by atoms with Gasteiger partial charge in [-0.05, 0) is 26.0 Å². The predicted octanol–water partition coefficient (Wildman–Crippen LogP) is 3.76. The minimum Gasteiger partial charge on any atom is -0.493 e. The molecular weight excluding hydrogens is 432 g/mol. The zero-order valence-corrected chi connectivity index (χ0v) is 18.6. The molecular formula is C23H23ClN4O4. The van der Waals surface area contributed by atoms with Crippen LogP contribution in [0.2, 0.25) is 5.02 Å². The second-order valence-electron chi connectivity index (χ2n) is 7.43. The highest BCUT2D eigenvalue weighted by molar-refractivity contribution is 6.31. The van der Waals surface area contributed by atoms with Gasteiger partial charge >= 0.3 is 0 Å². The van der Waals surface area contributed by atoms with Crippen LogP contribution in [-0.4, -0.2) is 27.5 Å². The van der Waals surface area contributed by atoms with E-state index in [4.69, 9.17) is 21.1 Å². The maximum Gasteiger partial charge on any atom is 0.268 e. The number of nitrogens with one attached hydrogen (secondary N) is 4. The Balaban J connectivity index is 1.91. The molecule has 166 valence electrons. The van der Waals surface area contributed by atoms with E-state index >= 15 is 0 Å². The molecule has 2 heterocycles. The highest BCUT2D eigenvalue weighted by Gasteiger charge is 2.31. The summed E-state index contributed by atoms with van der Waals surface area (Å²) in [5, 5.41) is 11.5. The van der Waals surface area contributed by atoms with Gasteiger partial charge in [-0.3, -0.25) is 19.8 Å². The van der Waals surface area contributed by atoms with Crippen molar-refractivity contribution in [3.8, 4) is 11.5 Å². The van der Waals surface area contributed by atoms with E-state index in [1.54, 1.807) is 39.2 Å². The predicted molar refractivity (Wildman–Crippen MR) is 122 cm³/mol. The Morgan fingerprint density at radius 1 is 0.875 bits per heavy atom. The molecule has 0 saturated heterocycles. The molecule has 0 atom stereocenters. The lowest BCUT2D eigenvalue weighted by atomic mass is 9.84. The highest BCUT2D eigenvalue weighted by atomic mass is 35.5. The topological polar surface area (TPSA) is 116 Å². The third kappa shape index (κ3) is 3.85. The van der Waals surface area contributed by atoms with E-state index in [1.807, 2.05) is 24.3 Å². The number of hydrogen-bond acceptors (Lipinski definition) is 4. The van der Waals surface area contributed by atoms with Crippen molar-refractivity contribution >= 4 is 11.6 Å². The first-order valence-corrected chi connectivity index (χ1v) is 10.4. The van der Waals surface area contributed by atoms with Crippen molar-refractivity contribution in [1.82, 2.24) is 20.4 Å². The van der Waals surface area contributed by atoms with Gasteiger partial charge in [0.15, 0.2) is 11.5 Å². The van der Waals surface area contributed by atoms with Crippen LogP contribution in [0.5, 0.6) is 11.5 Å². The van der Waals surface area contributed by atoms with Crippen LogP contribution in [0.15, 0.2) is 52.1 Å². The Morgan fingerprint density at radius 3 is 2.03 bits per heavy atom. The molecule has 0 bridgehead atoms. The van der Waals surface area contributed by atoms with Gasteiger partial charge in [0.25, 0.3) is 11.1 Å². The van der Waals surface area contributed by atoms with Crippen LogP contribution in [0.4, 0.5) is 0 Å². The summed E-state index contributed by atoms with van der Waals surface area (Å²) in [6.45, 7) is 3.74. The molecule has 4 aromatic rings. The quantitative estimate of drug-likeness (QED) is 0.340. The minimum atomic E-state index is -0.698. The van der Waals surface area contributed by atoms with Crippen LogP contribution in [0.1, 0.15) is 39.6 Å². The van der Waals surface area contributed by atoms with Gasteiger partial charge in [-0.1, -0.05) is 41.9 Å². The van der Waals surface area contributed by atoms with E-state index < -0.39 is 5.92 Å². The Morgan fingerprint density at radius 2 is 1.50 bits per heavy atom. The van der Waals surface area contributed by atoms with Gasteiger partial charge in [0.2, 0.25) is 0 Å². The fourth-order valence-electron chi connectivity index (χ4n) is 3.90. The van der Waals surface area contributed by atoms with Gasteiger partial charge < -0.3 is 19.7 Å². The van der Waals surface area contributed by atoms with Gasteiger partial charge in [-0.2, -0.15) is 0 Å². The van der Waals surface area contributed by atoms with Crippen molar-refractivity contribution in [2.45, 2.75) is 26.4 Å². The summed E-state index contributed by atoms with van der Waals surface area (Å²) in [5.41, 5.74) is 2.90. The zero-order valence-electron chi connectivity index (χ0n) is 17.8. The van der Waals surface area contributed by atoms with Crippen molar-refractivity contribution in [1.29, 1.82) is 0 Å². The molecule has 0 aliphatic rings. The maximum atomic E-state index is 12.8. The van der Waals surface area contributed by atoms with E-state index in [-0.39, 0.29) is 17.7 Å². The van der Waals surface area contributed by atoms with Crippen molar-refractivity contribution in [3.63, 3.8) is 0 Å². The number of aromatic amines is 4. The molecule has 9 heteroatoms. The summed E-state index contributed by atoms with van der Waals surface area (Å²) < 4.78 is 11.8. The van der Waals surface area contributed by atoms with E-state index in [0.29, 0.717) is 44.6 Å². The third-order valence-corrected chi connectivity index (χ3v) is 5.84. The van der Waals surface area contributed by atoms with Crippen molar-refractivity contribution in [3.05, 3.63) is 102 Å². The van der Waals surface area contributed by atoms with Crippen LogP contribution in [-0.2, 0) is 6.61 Å². The number of aromatic nitrogens is 4. The average molecular weight is 455 g/mol. The summed E-state index contributed by atoms with van der Waals surface area (Å²) >= 11 is 6.30. The summed E-state index contributed by atoms with van der Waals surface area (Å²) in [4.78, 5) is 25.5. The number of aryl methyl sites for hydroxylation is 2. The SMILES string of the molecule is COc1cccc(C(c2c(C)[nH][nH]c2=O)c2c(C)[nH][nH]c2=O)c1OCc1ccccc1Cl. The molecule has 0 saturated carbocycles. The van der Waals surface area contributed by atoms with E-state index in [9.17, 15) is 9.59 Å². The molecule has 0 aliphatic carbocycles. The Kier molecular flexibility index (Phi) is 5.96. The molecule has 0 radical (unpaired) electrons. The van der Waals surface area contributed by atoms with E-state index in [1.165, 1.54) is 0 Å². The largest absolute Gasteiger partial charge is 0.493 e. The molecule has 2 aromatic carbocycles. The second kappa shape index (κ2) is 8.84. The fourth-order valence-corrected chi connectivity index (χ4v) is 4.09. The maximum absolute atomic E-state index is 12.8. The number of methoxy groups -OCH3 is 1. The molecule has 0 spiro atoms. The highest BCUT2D eigenvalue weighted by Crippen LogP contribution is 2.41. The van der Waals surface area contributed by atoms with Crippen molar-refractivity contribution in [2.75, 3.05) is 7.11 Å². The number of ether oxygens (including phenoxy) is 2. The number of benzene rings is 2. The lowest BCUT2D eigenvalue weighted by Gasteiger charge is -2.21. The smallest absolute Gasteiger partial charge is 0.268 e. The summed E-state index contributed by atoms with van der Waals surface area (Å²) in [6.07, 6.45) is 0. The van der Waals surface area contributed by atoms with Crippen LogP contribution in [0.25, 0.3) is 0 Å². The monoisotopic (exact) mass is 454 g/mol. The first kappa shape index (κ1) is 21.6. The van der Waals surface area contributed by atoms with Gasteiger partial charge in [0, 0.05) is 27.5 Å². The molecule has 0 amide bonds. The second-order valence-corrected chi connectivity index (χ2v) is 7.83. The average Bonchev–Trinajstić information content (AvgIpc) is 3.30. The fraction of sp³-hybridized carbons (Fsp3) is 0.217. The van der Waals surface area contributed by atoms with Crippen LogP contribution in [0, 0.1) is 13.8 Å². The summed E-state index contributed by atoms with van der Waals surface area (Å²) in [6, 6.07) is 12.8. The Bertz CT molecular complexity index is 1310. The van der Waals surface area contributed by atoms with Gasteiger partial charge in [0.1, 0.15) is 6.61 Å². The normalized spacial score (nSPS) is 11.2. The Hall–Kier alpha value is -3.65. The number of hydrogen-bond donors (Lipinski definition) is 4. The lowest BCUT2D eigenvalue weighted by Crippen LogP contribution is -2.21. The minimum absolute atomic E-state index is 0.185. The molecule has 4 N–H and O–H groups in total. The first-order valence-electron chi connectivity index (χ1n) is 9.99. The van der Waals surface area contributed by atoms with Gasteiger partial charge in [0.05, 0.1) is 24.2 Å². The van der Waals surface area contributed by atoms with Crippen molar-refractivity contribution < 1.29 is 9.47 Å². The molecule has 8 nitrogen and oxygen atoms in total. The van der Waals surface area contributed by atoms with E-state index in [0.717, 1.165) is 5.56 Å². The van der Waals surface area contributed by atoms with Gasteiger partial charge in [-0.15, -0.1) is 0 Å². The molecule has 0 fully saturated rings. The van der Waals surface area contributed by atoms with Crippen LogP contribution in [0.3, 0.4) is 0 Å². The molecule has 0 aliphatic heterocycles. The van der Waals surface area contributed by atoms with Crippen LogP contribution >= 0.6 is 11.6 Å². The third-order valence-electron chi connectivity index (χ3n) is 5.47. The molecule has 4 rings (SSSR count). The summed E-state index contributed by atoms with van der Waals surface area (Å²) in [5.74, 6) is 0.213. The van der Waals surface area contributed by atoms with E-state index in [2.05, 4.69) is 20.4 Å². The first-order chi connectivity index (χ1) is 15.4. The molecule has 2 aromatic heterocycles. The Labute approximate surface area is 188 Å².